The molecule has 1 fully saturated rings. The lowest BCUT2D eigenvalue weighted by molar-refractivity contribution is 0.0617. The van der Waals surface area contributed by atoms with E-state index in [9.17, 15) is 4.79 Å². The number of likely N-dealkylation sites (tertiary alicyclic amines) is 1. The second-order valence-electron chi connectivity index (χ2n) is 8.48. The minimum absolute atomic E-state index is 0.111. The number of rotatable bonds is 9. The molecule has 0 atom stereocenters. The Morgan fingerprint density at radius 2 is 1.82 bits per heavy atom. The Morgan fingerprint density at radius 3 is 2.58 bits per heavy atom. The smallest absolute Gasteiger partial charge is 0.253 e. The highest BCUT2D eigenvalue weighted by Crippen LogP contribution is 2.21. The Bertz CT molecular complexity index is 1080. The molecule has 33 heavy (non-hydrogen) atoms. The number of nitrogens with zero attached hydrogens (tertiary/aromatic N) is 2. The van der Waals surface area contributed by atoms with E-state index < -0.39 is 0 Å². The molecule has 0 spiro atoms. The summed E-state index contributed by atoms with van der Waals surface area (Å²) in [6.45, 7) is 4.60. The van der Waals surface area contributed by atoms with E-state index in [1.54, 1.807) is 19.4 Å². The van der Waals surface area contributed by atoms with Gasteiger partial charge in [0, 0.05) is 45.2 Å². The van der Waals surface area contributed by atoms with Crippen LogP contribution in [0.5, 0.6) is 0 Å². The summed E-state index contributed by atoms with van der Waals surface area (Å²) >= 11 is 5.95. The fraction of sp³-hybridized carbons (Fsp3) is 0.385. The standard InChI is InChI=1S/C26H30ClN3O3/c1-32-10-11-33-18-20-3-5-21-4-2-19(12-22(21)13-20)17-30-8-6-25(7-9-30)29-26(31)23-14-24(27)16-28-15-23/h2-5,12-16,25H,6-11,17-18H2,1H3,(H,29,31). The van der Waals surface area contributed by atoms with E-state index in [4.69, 9.17) is 21.1 Å². The highest BCUT2D eigenvalue weighted by molar-refractivity contribution is 6.30. The predicted octanol–water partition coefficient (Wildman–Crippen LogP) is 4.45. The van der Waals surface area contributed by atoms with Gasteiger partial charge in [-0.2, -0.15) is 0 Å². The van der Waals surface area contributed by atoms with E-state index in [1.165, 1.54) is 28.1 Å². The van der Waals surface area contributed by atoms with Crippen LogP contribution in [0.15, 0.2) is 54.9 Å². The van der Waals surface area contributed by atoms with Gasteiger partial charge in [0.25, 0.3) is 5.91 Å². The van der Waals surface area contributed by atoms with Crippen LogP contribution in [0.4, 0.5) is 0 Å². The quantitative estimate of drug-likeness (QED) is 0.471. The van der Waals surface area contributed by atoms with E-state index in [1.807, 2.05) is 0 Å². The number of carbonyl (C=O) groups excluding carboxylic acids is 1. The number of hydrogen-bond acceptors (Lipinski definition) is 5. The van der Waals surface area contributed by atoms with Crippen LogP contribution in [0.25, 0.3) is 10.8 Å². The molecule has 4 rings (SSSR count). The topological polar surface area (TPSA) is 63.7 Å². The van der Waals surface area contributed by atoms with Crippen molar-refractivity contribution in [1.82, 2.24) is 15.2 Å². The number of benzene rings is 2. The van der Waals surface area contributed by atoms with Crippen molar-refractivity contribution in [3.05, 3.63) is 76.6 Å². The van der Waals surface area contributed by atoms with Crippen molar-refractivity contribution >= 4 is 28.3 Å². The molecule has 6 nitrogen and oxygen atoms in total. The van der Waals surface area contributed by atoms with Gasteiger partial charge in [0.05, 0.1) is 30.4 Å². The van der Waals surface area contributed by atoms with Crippen molar-refractivity contribution < 1.29 is 14.3 Å². The van der Waals surface area contributed by atoms with Gasteiger partial charge in [-0.3, -0.25) is 14.7 Å². The molecule has 174 valence electrons. The second kappa shape index (κ2) is 11.6. The number of nitrogens with one attached hydrogen (secondary N) is 1. The van der Waals surface area contributed by atoms with Gasteiger partial charge < -0.3 is 14.8 Å². The van der Waals surface area contributed by atoms with Gasteiger partial charge in [-0.05, 0) is 52.9 Å². The molecule has 1 amide bonds. The maximum absolute atomic E-state index is 12.4. The number of amides is 1. The van der Waals surface area contributed by atoms with Gasteiger partial charge in [-0.15, -0.1) is 0 Å². The van der Waals surface area contributed by atoms with Gasteiger partial charge in [0.2, 0.25) is 0 Å². The Labute approximate surface area is 199 Å². The van der Waals surface area contributed by atoms with Crippen molar-refractivity contribution in [2.45, 2.75) is 32.0 Å². The number of halogens is 1. The van der Waals surface area contributed by atoms with Crippen LogP contribution in [-0.4, -0.2) is 55.2 Å². The zero-order valence-electron chi connectivity index (χ0n) is 18.9. The highest BCUT2D eigenvalue weighted by Gasteiger charge is 2.21. The summed E-state index contributed by atoms with van der Waals surface area (Å²) in [4.78, 5) is 18.9. The Hall–Kier alpha value is -2.51. The summed E-state index contributed by atoms with van der Waals surface area (Å²) < 4.78 is 10.7. The lowest BCUT2D eigenvalue weighted by Crippen LogP contribution is -2.44. The maximum Gasteiger partial charge on any atom is 0.253 e. The predicted molar refractivity (Wildman–Crippen MR) is 130 cm³/mol. The molecule has 1 N–H and O–H groups in total. The largest absolute Gasteiger partial charge is 0.382 e. The van der Waals surface area contributed by atoms with Crippen molar-refractivity contribution in [2.75, 3.05) is 33.4 Å². The number of aromatic nitrogens is 1. The number of piperidine rings is 1. The molecular weight excluding hydrogens is 438 g/mol. The van der Waals surface area contributed by atoms with E-state index in [-0.39, 0.29) is 11.9 Å². The van der Waals surface area contributed by atoms with Gasteiger partial charge in [-0.25, -0.2) is 0 Å². The highest BCUT2D eigenvalue weighted by atomic mass is 35.5. The van der Waals surface area contributed by atoms with Crippen LogP contribution in [-0.2, 0) is 22.6 Å². The van der Waals surface area contributed by atoms with E-state index in [2.05, 4.69) is 51.6 Å². The van der Waals surface area contributed by atoms with Crippen molar-refractivity contribution in [1.29, 1.82) is 0 Å². The minimum Gasteiger partial charge on any atom is -0.382 e. The van der Waals surface area contributed by atoms with Gasteiger partial charge >= 0.3 is 0 Å². The number of hydrogen-bond donors (Lipinski definition) is 1. The summed E-state index contributed by atoms with van der Waals surface area (Å²) in [6, 6.07) is 15.0. The fourth-order valence-corrected chi connectivity index (χ4v) is 4.34. The Morgan fingerprint density at radius 1 is 1.06 bits per heavy atom. The summed E-state index contributed by atoms with van der Waals surface area (Å²) in [5.74, 6) is -0.111. The normalized spacial score (nSPS) is 15.1. The first-order chi connectivity index (χ1) is 16.1. The molecule has 0 radical (unpaired) electrons. The number of fused-ring (bicyclic) bond motifs is 1. The first-order valence-electron chi connectivity index (χ1n) is 11.3. The van der Waals surface area contributed by atoms with Crippen LogP contribution in [0.2, 0.25) is 5.02 Å². The van der Waals surface area contributed by atoms with E-state index in [0.29, 0.717) is 30.4 Å². The zero-order chi connectivity index (χ0) is 23.0. The number of pyridine rings is 1. The number of carbonyl (C=O) groups is 1. The molecule has 7 heteroatoms. The fourth-order valence-electron chi connectivity index (χ4n) is 4.16. The average Bonchev–Trinajstić information content (AvgIpc) is 2.83. The molecule has 1 aromatic heterocycles. The van der Waals surface area contributed by atoms with Crippen LogP contribution in [0.3, 0.4) is 0 Å². The molecular formula is C26H30ClN3O3. The summed E-state index contributed by atoms with van der Waals surface area (Å²) in [5.41, 5.74) is 2.97. The first kappa shape index (κ1) is 23.6. The monoisotopic (exact) mass is 467 g/mol. The van der Waals surface area contributed by atoms with Crippen LogP contribution < -0.4 is 5.32 Å². The molecule has 2 heterocycles. The first-order valence-corrected chi connectivity index (χ1v) is 11.7. The Balaban J connectivity index is 1.29. The molecule has 0 saturated carbocycles. The summed E-state index contributed by atoms with van der Waals surface area (Å²) in [7, 11) is 1.68. The third-order valence-electron chi connectivity index (χ3n) is 5.97. The molecule has 2 aromatic carbocycles. The number of ether oxygens (including phenoxy) is 2. The molecule has 1 saturated heterocycles. The maximum atomic E-state index is 12.4. The third-order valence-corrected chi connectivity index (χ3v) is 6.17. The Kier molecular flexibility index (Phi) is 8.29. The van der Waals surface area contributed by atoms with Crippen molar-refractivity contribution in [2.24, 2.45) is 0 Å². The molecule has 3 aromatic rings. The van der Waals surface area contributed by atoms with Gasteiger partial charge in [0.1, 0.15) is 0 Å². The SMILES string of the molecule is COCCOCc1ccc2ccc(CN3CCC(NC(=O)c4cncc(Cl)c4)CC3)cc2c1. The van der Waals surface area contributed by atoms with E-state index >= 15 is 0 Å². The van der Waals surface area contributed by atoms with E-state index in [0.717, 1.165) is 32.5 Å². The van der Waals surface area contributed by atoms with Crippen LogP contribution in [0, 0.1) is 0 Å². The molecule has 1 aliphatic rings. The zero-order valence-corrected chi connectivity index (χ0v) is 19.7. The summed E-state index contributed by atoms with van der Waals surface area (Å²) in [5, 5.41) is 6.06. The molecule has 0 bridgehead atoms. The van der Waals surface area contributed by atoms with Crippen LogP contribution in [0.1, 0.15) is 34.3 Å². The third kappa shape index (κ3) is 6.74. The minimum atomic E-state index is -0.111. The van der Waals surface area contributed by atoms with Crippen molar-refractivity contribution in [3.63, 3.8) is 0 Å². The van der Waals surface area contributed by atoms with Crippen molar-refractivity contribution in [3.8, 4) is 0 Å². The van der Waals surface area contributed by atoms with Crippen LogP contribution >= 0.6 is 11.6 Å². The number of methoxy groups -OCH3 is 1. The summed E-state index contributed by atoms with van der Waals surface area (Å²) in [6.07, 6.45) is 4.93. The van der Waals surface area contributed by atoms with Gasteiger partial charge in [-0.1, -0.05) is 35.9 Å². The lowest BCUT2D eigenvalue weighted by Gasteiger charge is -2.32. The second-order valence-corrected chi connectivity index (χ2v) is 8.91. The molecule has 0 unspecified atom stereocenters. The molecule has 1 aliphatic heterocycles. The van der Waals surface area contributed by atoms with Gasteiger partial charge in [0.15, 0.2) is 0 Å². The molecule has 0 aliphatic carbocycles. The average molecular weight is 468 g/mol. The lowest BCUT2D eigenvalue weighted by atomic mass is 10.0.